The highest BCUT2D eigenvalue weighted by molar-refractivity contribution is 7.99. The van der Waals surface area contributed by atoms with Crippen molar-refractivity contribution in [2.75, 3.05) is 37.9 Å². The Balaban J connectivity index is 1.44. The molecule has 1 aliphatic rings. The largest absolute Gasteiger partial charge is 0.378 e. The van der Waals surface area contributed by atoms with Gasteiger partial charge in [-0.15, -0.1) is 10.2 Å². The molecule has 7 nitrogen and oxygen atoms in total. The first-order chi connectivity index (χ1) is 16.4. The van der Waals surface area contributed by atoms with Crippen molar-refractivity contribution in [3.63, 3.8) is 0 Å². The van der Waals surface area contributed by atoms with Crippen LogP contribution < -0.4 is 4.90 Å². The number of carbonyl (C=O) groups excluding carboxylic acids is 1. The third-order valence-electron chi connectivity index (χ3n) is 5.90. The predicted molar refractivity (Wildman–Crippen MR) is 132 cm³/mol. The molecule has 0 unspecified atom stereocenters. The second-order valence-electron chi connectivity index (χ2n) is 8.60. The monoisotopic (exact) mass is 483 g/mol. The summed E-state index contributed by atoms with van der Waals surface area (Å²) in [7, 11) is 5.79. The number of anilines is 1. The third kappa shape index (κ3) is 5.77. The SMILES string of the molecule is CN(C)c1ccc(CN(C[C@H]2CCCO2)C(=O)CSc2nnc(-c3ccccc3F)n2C)cc1. The average molecular weight is 484 g/mol. The first kappa shape index (κ1) is 24.2. The van der Waals surface area contributed by atoms with Gasteiger partial charge in [-0.1, -0.05) is 36.0 Å². The molecule has 2 heterocycles. The number of nitrogens with zero attached hydrogens (tertiary/aromatic N) is 5. The van der Waals surface area contributed by atoms with E-state index >= 15 is 0 Å². The summed E-state index contributed by atoms with van der Waals surface area (Å²) in [4.78, 5) is 17.2. The predicted octanol–water partition coefficient (Wildman–Crippen LogP) is 3.99. The number of rotatable bonds is 9. The Kier molecular flexibility index (Phi) is 7.84. The van der Waals surface area contributed by atoms with Crippen LogP contribution in [0.3, 0.4) is 0 Å². The molecule has 1 saturated heterocycles. The molecule has 0 N–H and O–H groups in total. The van der Waals surface area contributed by atoms with E-state index < -0.39 is 0 Å². The molecule has 0 aliphatic carbocycles. The van der Waals surface area contributed by atoms with Gasteiger partial charge in [-0.25, -0.2) is 4.39 Å². The highest BCUT2D eigenvalue weighted by Gasteiger charge is 2.24. The molecule has 9 heteroatoms. The molecule has 0 spiro atoms. The Morgan fingerprint density at radius 1 is 1.18 bits per heavy atom. The minimum absolute atomic E-state index is 0.00706. The first-order valence-electron chi connectivity index (χ1n) is 11.3. The van der Waals surface area contributed by atoms with Gasteiger partial charge in [0.2, 0.25) is 5.91 Å². The lowest BCUT2D eigenvalue weighted by molar-refractivity contribution is -0.130. The van der Waals surface area contributed by atoms with Crippen LogP contribution in [0.2, 0.25) is 0 Å². The molecular weight excluding hydrogens is 453 g/mol. The number of hydrogen-bond acceptors (Lipinski definition) is 6. The van der Waals surface area contributed by atoms with Crippen LogP contribution in [0.1, 0.15) is 18.4 Å². The molecule has 0 saturated carbocycles. The number of aromatic nitrogens is 3. The summed E-state index contributed by atoms with van der Waals surface area (Å²) >= 11 is 1.31. The number of benzene rings is 2. The van der Waals surface area contributed by atoms with Crippen molar-refractivity contribution in [3.05, 3.63) is 59.9 Å². The van der Waals surface area contributed by atoms with Crippen LogP contribution >= 0.6 is 11.8 Å². The quantitative estimate of drug-likeness (QED) is 0.429. The maximum absolute atomic E-state index is 14.2. The lowest BCUT2D eigenvalue weighted by Gasteiger charge is -2.26. The maximum atomic E-state index is 14.2. The molecule has 0 radical (unpaired) electrons. The van der Waals surface area contributed by atoms with Crippen LogP contribution in [-0.2, 0) is 23.1 Å². The maximum Gasteiger partial charge on any atom is 0.233 e. The highest BCUT2D eigenvalue weighted by atomic mass is 32.2. The third-order valence-corrected chi connectivity index (χ3v) is 6.91. The first-order valence-corrected chi connectivity index (χ1v) is 12.3. The summed E-state index contributed by atoms with van der Waals surface area (Å²) in [6, 6.07) is 14.7. The molecule has 1 amide bonds. The number of amides is 1. The Morgan fingerprint density at radius 2 is 1.94 bits per heavy atom. The molecule has 0 bridgehead atoms. The summed E-state index contributed by atoms with van der Waals surface area (Å²) in [6.45, 7) is 1.83. The number of halogens is 1. The van der Waals surface area contributed by atoms with E-state index in [0.717, 1.165) is 30.7 Å². The lowest BCUT2D eigenvalue weighted by Crippen LogP contribution is -2.38. The van der Waals surface area contributed by atoms with Crippen LogP contribution in [-0.4, -0.2) is 64.7 Å². The molecule has 180 valence electrons. The fourth-order valence-electron chi connectivity index (χ4n) is 3.94. The van der Waals surface area contributed by atoms with E-state index in [2.05, 4.69) is 34.5 Å². The van der Waals surface area contributed by atoms with Crippen LogP contribution in [0.5, 0.6) is 0 Å². The Hall–Kier alpha value is -2.91. The number of thioether (sulfide) groups is 1. The zero-order valence-electron chi connectivity index (χ0n) is 19.8. The molecule has 1 fully saturated rings. The molecule has 3 aromatic rings. The molecular formula is C25H30FN5O2S. The van der Waals surface area contributed by atoms with Gasteiger partial charge in [-0.05, 0) is 42.7 Å². The van der Waals surface area contributed by atoms with Crippen LogP contribution in [0.25, 0.3) is 11.4 Å². The number of carbonyl (C=O) groups is 1. The molecule has 2 aromatic carbocycles. The Morgan fingerprint density at radius 3 is 2.62 bits per heavy atom. The van der Waals surface area contributed by atoms with Gasteiger partial charge in [0.25, 0.3) is 0 Å². The average Bonchev–Trinajstić information content (AvgIpc) is 3.47. The van der Waals surface area contributed by atoms with Crippen molar-refractivity contribution in [2.24, 2.45) is 7.05 Å². The summed E-state index contributed by atoms with van der Waals surface area (Å²) in [5, 5.41) is 8.90. The van der Waals surface area contributed by atoms with Gasteiger partial charge >= 0.3 is 0 Å². The zero-order valence-corrected chi connectivity index (χ0v) is 20.6. The summed E-state index contributed by atoms with van der Waals surface area (Å²) in [6.07, 6.45) is 2.06. The van der Waals surface area contributed by atoms with Gasteiger partial charge in [0, 0.05) is 46.5 Å². The van der Waals surface area contributed by atoms with Gasteiger partial charge in [-0.2, -0.15) is 0 Å². The minimum Gasteiger partial charge on any atom is -0.378 e. The Bertz CT molecular complexity index is 1110. The van der Waals surface area contributed by atoms with Crippen LogP contribution in [0.15, 0.2) is 53.7 Å². The van der Waals surface area contributed by atoms with E-state index in [1.54, 1.807) is 29.8 Å². The van der Waals surface area contributed by atoms with Crippen LogP contribution in [0, 0.1) is 5.82 Å². The van der Waals surface area contributed by atoms with Crippen molar-refractivity contribution in [2.45, 2.75) is 30.6 Å². The van der Waals surface area contributed by atoms with Crippen molar-refractivity contribution in [1.82, 2.24) is 19.7 Å². The fraction of sp³-hybridized carbons (Fsp3) is 0.400. The van der Waals surface area contributed by atoms with Crippen molar-refractivity contribution in [1.29, 1.82) is 0 Å². The molecule has 4 rings (SSSR count). The standard InChI is InChI=1S/C25H30FN5O2S/c1-29(2)19-12-10-18(11-13-19)15-31(16-20-7-6-14-33-20)23(32)17-34-25-28-27-24(30(25)3)21-8-4-5-9-22(21)26/h4-5,8-13,20H,6-7,14-17H2,1-3H3/t20-/m1/s1. The smallest absolute Gasteiger partial charge is 0.233 e. The van der Waals surface area contributed by atoms with E-state index in [1.807, 2.05) is 23.9 Å². The van der Waals surface area contributed by atoms with E-state index in [1.165, 1.54) is 17.8 Å². The lowest BCUT2D eigenvalue weighted by atomic mass is 10.1. The van der Waals surface area contributed by atoms with E-state index in [4.69, 9.17) is 4.74 Å². The van der Waals surface area contributed by atoms with E-state index in [9.17, 15) is 9.18 Å². The van der Waals surface area contributed by atoms with Crippen molar-refractivity contribution < 1.29 is 13.9 Å². The number of hydrogen-bond donors (Lipinski definition) is 0. The normalized spacial score (nSPS) is 15.5. The topological polar surface area (TPSA) is 63.5 Å². The molecule has 34 heavy (non-hydrogen) atoms. The van der Waals surface area contributed by atoms with Gasteiger partial charge in [0.1, 0.15) is 5.82 Å². The van der Waals surface area contributed by atoms with Crippen LogP contribution in [0.4, 0.5) is 10.1 Å². The second-order valence-corrected chi connectivity index (χ2v) is 9.55. The highest BCUT2D eigenvalue weighted by Crippen LogP contribution is 2.25. The van der Waals surface area contributed by atoms with Crippen molar-refractivity contribution in [3.8, 4) is 11.4 Å². The summed E-state index contributed by atoms with van der Waals surface area (Å²) in [5.74, 6) is 0.303. The van der Waals surface area contributed by atoms with Gasteiger partial charge in [0.05, 0.1) is 17.4 Å². The summed E-state index contributed by atoms with van der Waals surface area (Å²) in [5.41, 5.74) is 2.57. The Labute approximate surface area is 203 Å². The van der Waals surface area contributed by atoms with Gasteiger partial charge in [-0.3, -0.25) is 4.79 Å². The summed E-state index contributed by atoms with van der Waals surface area (Å²) < 4.78 is 21.7. The van der Waals surface area contributed by atoms with Gasteiger partial charge < -0.3 is 19.1 Å². The van der Waals surface area contributed by atoms with Gasteiger partial charge in [0.15, 0.2) is 11.0 Å². The van der Waals surface area contributed by atoms with E-state index in [-0.39, 0.29) is 23.6 Å². The van der Waals surface area contributed by atoms with Crippen molar-refractivity contribution >= 4 is 23.4 Å². The molecule has 1 aliphatic heterocycles. The zero-order chi connectivity index (χ0) is 24.1. The second kappa shape index (κ2) is 11.0. The minimum atomic E-state index is -0.353. The number of ether oxygens (including phenoxy) is 1. The van der Waals surface area contributed by atoms with E-state index in [0.29, 0.717) is 29.6 Å². The molecule has 1 atom stereocenters. The fourth-order valence-corrected chi connectivity index (χ4v) is 4.76. The molecule has 1 aromatic heterocycles.